The highest BCUT2D eigenvalue weighted by atomic mass is 16.1. The molecule has 1 heterocycles. The summed E-state index contributed by atoms with van der Waals surface area (Å²) in [4.78, 5) is 12.3. The van der Waals surface area contributed by atoms with Crippen LogP contribution in [0.4, 0.5) is 0 Å². The molecule has 2 aromatic carbocycles. The third kappa shape index (κ3) is 3.01. The first-order valence-corrected chi connectivity index (χ1v) is 7.51. The van der Waals surface area contributed by atoms with Crippen LogP contribution >= 0.6 is 0 Å². The number of aryl methyl sites for hydroxylation is 1. The van der Waals surface area contributed by atoms with E-state index in [4.69, 9.17) is 0 Å². The third-order valence-electron chi connectivity index (χ3n) is 3.99. The molecule has 0 amide bonds. The standard InChI is InChI=1S/C20H19NO/c1-16-9-8-14-21(20(16)22)15-19(17-10-4-2-5-11-17)18-12-6-3-7-13-18/h2-14,19H,15H2,1H3. The second-order valence-corrected chi connectivity index (χ2v) is 5.52. The monoisotopic (exact) mass is 289 g/mol. The van der Waals surface area contributed by atoms with Gasteiger partial charge in [0.2, 0.25) is 0 Å². The average molecular weight is 289 g/mol. The zero-order valence-electron chi connectivity index (χ0n) is 12.6. The number of aromatic nitrogens is 1. The zero-order valence-corrected chi connectivity index (χ0v) is 12.6. The van der Waals surface area contributed by atoms with E-state index in [2.05, 4.69) is 24.3 Å². The quantitative estimate of drug-likeness (QED) is 0.712. The van der Waals surface area contributed by atoms with Gasteiger partial charge < -0.3 is 4.57 Å². The van der Waals surface area contributed by atoms with E-state index < -0.39 is 0 Å². The Labute approximate surface area is 130 Å². The molecule has 0 spiro atoms. The molecule has 0 N–H and O–H groups in total. The highest BCUT2D eigenvalue weighted by Gasteiger charge is 2.15. The molecule has 0 unspecified atom stereocenters. The van der Waals surface area contributed by atoms with Crippen molar-refractivity contribution < 1.29 is 0 Å². The molecular weight excluding hydrogens is 270 g/mol. The van der Waals surface area contributed by atoms with Crippen LogP contribution in [-0.4, -0.2) is 4.57 Å². The van der Waals surface area contributed by atoms with Crippen molar-refractivity contribution in [1.82, 2.24) is 4.57 Å². The van der Waals surface area contributed by atoms with Crippen molar-refractivity contribution in [2.75, 3.05) is 0 Å². The molecule has 0 saturated heterocycles. The molecule has 1 aromatic heterocycles. The van der Waals surface area contributed by atoms with Crippen LogP contribution in [0.15, 0.2) is 83.8 Å². The Morgan fingerprint density at radius 3 is 1.91 bits per heavy atom. The highest BCUT2D eigenvalue weighted by molar-refractivity contribution is 5.32. The summed E-state index contributed by atoms with van der Waals surface area (Å²) >= 11 is 0. The van der Waals surface area contributed by atoms with Crippen LogP contribution in [0.2, 0.25) is 0 Å². The van der Waals surface area contributed by atoms with E-state index in [0.29, 0.717) is 6.54 Å². The molecule has 0 atom stereocenters. The maximum Gasteiger partial charge on any atom is 0.253 e. The Bertz CT molecular complexity index is 751. The van der Waals surface area contributed by atoms with Gasteiger partial charge in [0.1, 0.15) is 0 Å². The molecule has 0 aliphatic heterocycles. The van der Waals surface area contributed by atoms with Gasteiger partial charge in [0, 0.05) is 24.2 Å². The summed E-state index contributed by atoms with van der Waals surface area (Å²) in [5, 5.41) is 0. The molecule has 0 aliphatic rings. The minimum absolute atomic E-state index is 0.0827. The van der Waals surface area contributed by atoms with Gasteiger partial charge in [0.25, 0.3) is 5.56 Å². The fourth-order valence-corrected chi connectivity index (χ4v) is 2.77. The minimum atomic E-state index is 0.0827. The number of rotatable bonds is 4. The highest BCUT2D eigenvalue weighted by Crippen LogP contribution is 2.25. The summed E-state index contributed by atoms with van der Waals surface area (Å²) < 4.78 is 1.81. The van der Waals surface area contributed by atoms with Crippen molar-refractivity contribution in [3.63, 3.8) is 0 Å². The molecule has 0 saturated carbocycles. The molecule has 3 aromatic rings. The van der Waals surface area contributed by atoms with Gasteiger partial charge in [0.05, 0.1) is 0 Å². The normalized spacial score (nSPS) is 10.8. The molecule has 22 heavy (non-hydrogen) atoms. The van der Waals surface area contributed by atoms with Gasteiger partial charge in [0.15, 0.2) is 0 Å². The van der Waals surface area contributed by atoms with E-state index in [1.807, 2.05) is 61.7 Å². The number of hydrogen-bond acceptors (Lipinski definition) is 1. The molecule has 0 radical (unpaired) electrons. The van der Waals surface area contributed by atoms with Crippen molar-refractivity contribution in [1.29, 1.82) is 0 Å². The Morgan fingerprint density at radius 1 is 0.818 bits per heavy atom. The Morgan fingerprint density at radius 2 is 1.36 bits per heavy atom. The zero-order chi connectivity index (χ0) is 15.4. The fourth-order valence-electron chi connectivity index (χ4n) is 2.77. The van der Waals surface area contributed by atoms with E-state index in [0.717, 1.165) is 5.56 Å². The van der Waals surface area contributed by atoms with Crippen LogP contribution < -0.4 is 5.56 Å². The van der Waals surface area contributed by atoms with Gasteiger partial charge in [-0.1, -0.05) is 66.7 Å². The second-order valence-electron chi connectivity index (χ2n) is 5.52. The molecule has 2 nitrogen and oxygen atoms in total. The van der Waals surface area contributed by atoms with Crippen LogP contribution in [0, 0.1) is 6.92 Å². The number of pyridine rings is 1. The largest absolute Gasteiger partial charge is 0.314 e. The number of benzene rings is 2. The summed E-state index contributed by atoms with van der Waals surface area (Å²) in [6, 6.07) is 24.5. The maximum atomic E-state index is 12.3. The van der Waals surface area contributed by atoms with Crippen molar-refractivity contribution in [3.8, 4) is 0 Å². The number of nitrogens with zero attached hydrogens (tertiary/aromatic N) is 1. The number of hydrogen-bond donors (Lipinski definition) is 0. The van der Waals surface area contributed by atoms with Crippen LogP contribution in [-0.2, 0) is 6.54 Å². The summed E-state index contributed by atoms with van der Waals surface area (Å²) in [7, 11) is 0. The van der Waals surface area contributed by atoms with Gasteiger partial charge >= 0.3 is 0 Å². The van der Waals surface area contributed by atoms with Crippen LogP contribution in [0.1, 0.15) is 22.6 Å². The predicted molar refractivity (Wildman–Crippen MR) is 90.2 cm³/mol. The topological polar surface area (TPSA) is 22.0 Å². The van der Waals surface area contributed by atoms with Gasteiger partial charge in [-0.25, -0.2) is 0 Å². The van der Waals surface area contributed by atoms with Crippen molar-refractivity contribution in [3.05, 3.63) is 106 Å². The summed E-state index contributed by atoms with van der Waals surface area (Å²) in [6.45, 7) is 2.51. The van der Waals surface area contributed by atoms with E-state index in [-0.39, 0.29) is 11.5 Å². The summed E-state index contributed by atoms with van der Waals surface area (Å²) in [6.07, 6.45) is 1.87. The smallest absolute Gasteiger partial charge is 0.253 e. The van der Waals surface area contributed by atoms with Gasteiger partial charge in [-0.3, -0.25) is 4.79 Å². The van der Waals surface area contributed by atoms with Gasteiger partial charge in [-0.15, -0.1) is 0 Å². The van der Waals surface area contributed by atoms with Crippen molar-refractivity contribution in [2.24, 2.45) is 0 Å². The van der Waals surface area contributed by atoms with E-state index in [1.165, 1.54) is 11.1 Å². The first-order chi connectivity index (χ1) is 10.8. The lowest BCUT2D eigenvalue weighted by molar-refractivity contribution is 0.602. The molecule has 0 aliphatic carbocycles. The second kappa shape index (κ2) is 6.44. The Hall–Kier alpha value is -2.61. The summed E-state index contributed by atoms with van der Waals surface area (Å²) in [5.74, 6) is 0.168. The van der Waals surface area contributed by atoms with Crippen LogP contribution in [0.3, 0.4) is 0 Å². The third-order valence-corrected chi connectivity index (χ3v) is 3.99. The lowest BCUT2D eigenvalue weighted by Gasteiger charge is -2.19. The van der Waals surface area contributed by atoms with Crippen LogP contribution in [0.5, 0.6) is 0 Å². The average Bonchev–Trinajstić information content (AvgIpc) is 2.58. The first kappa shape index (κ1) is 14.3. The first-order valence-electron chi connectivity index (χ1n) is 7.51. The predicted octanol–water partition coefficient (Wildman–Crippen LogP) is 3.99. The fraction of sp³-hybridized carbons (Fsp3) is 0.150. The molecule has 3 rings (SSSR count). The maximum absolute atomic E-state index is 12.3. The summed E-state index contributed by atoms with van der Waals surface area (Å²) in [5.41, 5.74) is 3.31. The Balaban J connectivity index is 2.03. The lowest BCUT2D eigenvalue weighted by atomic mass is 9.91. The SMILES string of the molecule is Cc1cccn(CC(c2ccccc2)c2ccccc2)c1=O. The van der Waals surface area contributed by atoms with Crippen molar-refractivity contribution in [2.45, 2.75) is 19.4 Å². The molecule has 0 fully saturated rings. The van der Waals surface area contributed by atoms with E-state index in [9.17, 15) is 4.79 Å². The molecular formula is C20H19NO. The van der Waals surface area contributed by atoms with E-state index in [1.54, 1.807) is 4.57 Å². The van der Waals surface area contributed by atoms with Crippen molar-refractivity contribution >= 4 is 0 Å². The molecule has 2 heteroatoms. The lowest BCUT2D eigenvalue weighted by Crippen LogP contribution is -2.24. The van der Waals surface area contributed by atoms with Gasteiger partial charge in [-0.2, -0.15) is 0 Å². The molecule has 110 valence electrons. The molecule has 0 bridgehead atoms. The minimum Gasteiger partial charge on any atom is -0.314 e. The van der Waals surface area contributed by atoms with Crippen LogP contribution in [0.25, 0.3) is 0 Å². The van der Waals surface area contributed by atoms with E-state index >= 15 is 0 Å². The van der Waals surface area contributed by atoms with Gasteiger partial charge in [-0.05, 0) is 24.1 Å². The Kier molecular flexibility index (Phi) is 4.19.